The first-order chi connectivity index (χ1) is 17.2. The van der Waals surface area contributed by atoms with Crippen LogP contribution in [0.15, 0.2) is 39.1 Å². The molecule has 0 saturated carbocycles. The molecule has 0 aromatic carbocycles. The molecule has 2 heterocycles. The second-order valence-corrected chi connectivity index (χ2v) is 9.60. The average molecular weight is 501 g/mol. The van der Waals surface area contributed by atoms with Crippen LogP contribution in [0.1, 0.15) is 95.9 Å². The zero-order chi connectivity index (χ0) is 24.9. The van der Waals surface area contributed by atoms with Crippen molar-refractivity contribution in [2.24, 2.45) is 10.2 Å². The van der Waals surface area contributed by atoms with Gasteiger partial charge in [-0.25, -0.2) is 4.58 Å². The fourth-order valence-electron chi connectivity index (χ4n) is 4.09. The number of ether oxygens (including phenoxy) is 1. The predicted molar refractivity (Wildman–Crippen MR) is 133 cm³/mol. The van der Waals surface area contributed by atoms with Crippen molar-refractivity contribution in [3.8, 4) is 0 Å². The fraction of sp³-hybridized carbons (Fsp3) is 0.640. The van der Waals surface area contributed by atoms with E-state index in [4.69, 9.17) is 4.74 Å². The summed E-state index contributed by atoms with van der Waals surface area (Å²) in [7, 11) is 0. The first-order valence-corrected chi connectivity index (χ1v) is 13.7. The van der Waals surface area contributed by atoms with Crippen molar-refractivity contribution >= 4 is 29.4 Å². The molecule has 1 aromatic rings. The molecule has 0 radical (unpaired) electrons. The number of hydrogen-bond acceptors (Lipinski definition) is 8. The number of rotatable bonds is 16. The molecule has 190 valence electrons. The molecular weight excluding hydrogens is 464 g/mol. The van der Waals surface area contributed by atoms with Crippen LogP contribution in [0.25, 0.3) is 6.08 Å². The minimum absolute atomic E-state index is 0.0159. The highest BCUT2D eigenvalue weighted by molar-refractivity contribution is 7.06. The van der Waals surface area contributed by atoms with E-state index in [-0.39, 0.29) is 17.0 Å². The third kappa shape index (κ3) is 7.88. The molecule has 35 heavy (non-hydrogen) atoms. The largest absolute Gasteiger partial charge is 0.871 e. The molecule has 2 aliphatic rings. The number of hydrogen-bond donors (Lipinski definition) is 0. The Kier molecular flexibility index (Phi) is 11.2. The SMILES string of the molecule is CCCCCCCCCCCCCC[N+](CC)=C1N=N/C(=C2/C(=O)C(/C=C/c3nnns3)=C2[O-])O1. The van der Waals surface area contributed by atoms with E-state index in [9.17, 15) is 9.90 Å². The lowest BCUT2D eigenvalue weighted by atomic mass is 9.88. The summed E-state index contributed by atoms with van der Waals surface area (Å²) in [6, 6.07) is 0.350. The molecule has 3 rings (SSSR count). The van der Waals surface area contributed by atoms with E-state index in [1.165, 1.54) is 70.3 Å². The maximum absolute atomic E-state index is 12.4. The Hall–Kier alpha value is -2.75. The molecule has 9 nitrogen and oxygen atoms in total. The number of ketones is 1. The smallest absolute Gasteiger partial charge is 0.525 e. The van der Waals surface area contributed by atoms with Crippen molar-refractivity contribution in [3.63, 3.8) is 0 Å². The molecule has 0 saturated heterocycles. The summed E-state index contributed by atoms with van der Waals surface area (Å²) in [6.45, 7) is 5.80. The monoisotopic (exact) mass is 500 g/mol. The summed E-state index contributed by atoms with van der Waals surface area (Å²) in [5.74, 6) is -0.816. The summed E-state index contributed by atoms with van der Waals surface area (Å²) in [6.07, 6.45) is 18.6. The predicted octanol–water partition coefficient (Wildman–Crippen LogP) is 4.93. The Morgan fingerprint density at radius 2 is 1.57 bits per heavy atom. The number of Topliss-reactive ketones (excluding diaryl/α,β-unsaturated/α-hetero) is 1. The van der Waals surface area contributed by atoms with Crippen molar-refractivity contribution < 1.29 is 19.2 Å². The van der Waals surface area contributed by atoms with E-state index in [0.717, 1.165) is 30.9 Å². The van der Waals surface area contributed by atoms with Crippen molar-refractivity contribution in [3.05, 3.63) is 33.9 Å². The Labute approximate surface area is 211 Å². The van der Waals surface area contributed by atoms with Crippen LogP contribution in [0, 0.1) is 0 Å². The summed E-state index contributed by atoms with van der Waals surface area (Å²) < 4.78 is 11.3. The number of carbonyl (C=O) groups is 1. The molecular formula is C25H36N6O3S. The molecule has 0 unspecified atom stereocenters. The average Bonchev–Trinajstić information content (AvgIpc) is 3.55. The minimum atomic E-state index is -0.400. The zero-order valence-corrected chi connectivity index (χ0v) is 21.7. The van der Waals surface area contributed by atoms with Crippen LogP contribution in [0.5, 0.6) is 0 Å². The summed E-state index contributed by atoms with van der Waals surface area (Å²) in [5, 5.41) is 28.2. The third-order valence-electron chi connectivity index (χ3n) is 6.21. The highest BCUT2D eigenvalue weighted by atomic mass is 32.1. The lowest BCUT2D eigenvalue weighted by molar-refractivity contribution is -0.533. The van der Waals surface area contributed by atoms with E-state index >= 15 is 0 Å². The van der Waals surface area contributed by atoms with E-state index < -0.39 is 11.5 Å². The van der Waals surface area contributed by atoms with Gasteiger partial charge in [0.05, 0.1) is 18.7 Å². The number of carbonyl (C=O) groups excluding carboxylic acids is 1. The number of amidine groups is 1. The van der Waals surface area contributed by atoms with Gasteiger partial charge in [0.15, 0.2) is 10.8 Å². The molecule has 1 aliphatic carbocycles. The Bertz CT molecular complexity index is 995. The van der Waals surface area contributed by atoms with Gasteiger partial charge in [-0.2, -0.15) is 0 Å². The number of allylic oxidation sites excluding steroid dienone is 3. The summed E-state index contributed by atoms with van der Waals surface area (Å²) in [4.78, 5) is 12.4. The first kappa shape index (κ1) is 26.8. The number of unbranched alkanes of at least 4 members (excludes halogenated alkanes) is 11. The second kappa shape index (κ2) is 14.6. The summed E-state index contributed by atoms with van der Waals surface area (Å²) in [5.41, 5.74) is 0.0130. The lowest BCUT2D eigenvalue weighted by Gasteiger charge is -2.27. The van der Waals surface area contributed by atoms with Crippen LogP contribution in [-0.2, 0) is 9.53 Å². The van der Waals surface area contributed by atoms with Gasteiger partial charge in [-0.3, -0.25) is 4.79 Å². The standard InChI is InChI=1S/C25H36N6O3S/c1-3-5-6-7-8-9-10-11-12-13-14-15-18-31(4-2)25-28-27-24(34-25)21-22(32)19(23(21)33)16-17-20-26-29-30-35-20/h16-17H,3-15,18H2,1-2H3. The molecule has 1 aromatic heterocycles. The van der Waals surface area contributed by atoms with Gasteiger partial charge in [0.1, 0.15) is 5.11 Å². The van der Waals surface area contributed by atoms with Gasteiger partial charge in [0, 0.05) is 22.2 Å². The summed E-state index contributed by atoms with van der Waals surface area (Å²) >= 11 is 1.08. The normalized spacial score (nSPS) is 19.1. The molecule has 0 N–H and O–H groups in total. The van der Waals surface area contributed by atoms with Gasteiger partial charge >= 0.3 is 6.02 Å². The van der Waals surface area contributed by atoms with Crippen molar-refractivity contribution in [1.29, 1.82) is 0 Å². The highest BCUT2D eigenvalue weighted by Crippen LogP contribution is 2.33. The third-order valence-corrected chi connectivity index (χ3v) is 6.77. The van der Waals surface area contributed by atoms with Crippen LogP contribution in [0.2, 0.25) is 0 Å². The van der Waals surface area contributed by atoms with Crippen molar-refractivity contribution in [2.45, 2.75) is 90.9 Å². The topological polar surface area (TPSA) is 116 Å². The van der Waals surface area contributed by atoms with E-state index in [1.807, 2.05) is 11.5 Å². The van der Waals surface area contributed by atoms with Crippen LogP contribution < -0.4 is 5.11 Å². The van der Waals surface area contributed by atoms with E-state index in [1.54, 1.807) is 6.08 Å². The maximum atomic E-state index is 12.4. The molecule has 0 fully saturated rings. The number of azo groups is 1. The van der Waals surface area contributed by atoms with Crippen LogP contribution in [-0.4, -0.2) is 44.3 Å². The molecule has 0 spiro atoms. The quantitative estimate of drug-likeness (QED) is 0.181. The van der Waals surface area contributed by atoms with E-state index in [0.29, 0.717) is 17.6 Å². The van der Waals surface area contributed by atoms with Crippen molar-refractivity contribution in [2.75, 3.05) is 13.1 Å². The molecule has 1 aliphatic heterocycles. The minimum Gasteiger partial charge on any atom is -0.871 e. The lowest BCUT2D eigenvalue weighted by Crippen LogP contribution is -2.30. The molecule has 0 atom stereocenters. The van der Waals surface area contributed by atoms with Crippen LogP contribution in [0.3, 0.4) is 0 Å². The van der Waals surface area contributed by atoms with Gasteiger partial charge in [-0.1, -0.05) is 81.4 Å². The Morgan fingerprint density at radius 3 is 2.14 bits per heavy atom. The number of aromatic nitrogens is 3. The van der Waals surface area contributed by atoms with Gasteiger partial charge < -0.3 is 9.84 Å². The van der Waals surface area contributed by atoms with Gasteiger partial charge in [0.2, 0.25) is 0 Å². The highest BCUT2D eigenvalue weighted by Gasteiger charge is 2.36. The fourth-order valence-corrected chi connectivity index (χ4v) is 4.45. The Morgan fingerprint density at radius 1 is 0.914 bits per heavy atom. The van der Waals surface area contributed by atoms with Crippen LogP contribution in [0.4, 0.5) is 0 Å². The molecule has 0 amide bonds. The van der Waals surface area contributed by atoms with Gasteiger partial charge in [-0.05, 0) is 37.1 Å². The van der Waals surface area contributed by atoms with Crippen LogP contribution >= 0.6 is 11.5 Å². The second-order valence-electron chi connectivity index (χ2n) is 8.84. The number of nitrogens with zero attached hydrogens (tertiary/aromatic N) is 6. The van der Waals surface area contributed by atoms with Gasteiger partial charge in [-0.15, -0.1) is 5.10 Å². The first-order valence-electron chi connectivity index (χ1n) is 12.9. The molecule has 0 bridgehead atoms. The zero-order valence-electron chi connectivity index (χ0n) is 20.9. The maximum Gasteiger partial charge on any atom is 0.525 e. The van der Waals surface area contributed by atoms with Gasteiger partial charge in [0.25, 0.3) is 5.88 Å². The van der Waals surface area contributed by atoms with Crippen molar-refractivity contribution in [1.82, 2.24) is 14.8 Å². The Balaban J connectivity index is 1.39. The molecule has 10 heteroatoms. The van der Waals surface area contributed by atoms with E-state index in [2.05, 4.69) is 32.0 Å².